The number of amides is 2. The Morgan fingerprint density at radius 3 is 2.78 bits per heavy atom. The molecule has 0 aromatic carbocycles. The second kappa shape index (κ2) is 6.47. The zero-order valence-electron chi connectivity index (χ0n) is 15.5. The monoisotopic (exact) mass is 388 g/mol. The Morgan fingerprint density at radius 2 is 2.04 bits per heavy atom. The van der Waals surface area contributed by atoms with E-state index >= 15 is 0 Å². The molecule has 3 saturated carbocycles. The second-order valence-corrected chi connectivity index (χ2v) is 9.01. The molecule has 2 aromatic heterocycles. The van der Waals surface area contributed by atoms with E-state index < -0.39 is 0 Å². The topological polar surface area (TPSA) is 96.2 Å². The van der Waals surface area contributed by atoms with Crippen LogP contribution in [0.2, 0.25) is 0 Å². The average Bonchev–Trinajstić information content (AvgIpc) is 3.36. The summed E-state index contributed by atoms with van der Waals surface area (Å²) < 4.78 is 5.67. The van der Waals surface area contributed by atoms with Crippen molar-refractivity contribution in [2.75, 3.05) is 23.8 Å². The Labute approximate surface area is 161 Å². The molecule has 3 heterocycles. The van der Waals surface area contributed by atoms with Crippen molar-refractivity contribution < 1.29 is 9.32 Å². The Morgan fingerprint density at radius 1 is 1.26 bits per heavy atom. The molecule has 0 saturated heterocycles. The first kappa shape index (κ1) is 17.0. The van der Waals surface area contributed by atoms with Gasteiger partial charge >= 0.3 is 12.0 Å². The van der Waals surface area contributed by atoms with Gasteiger partial charge in [-0.25, -0.2) is 9.78 Å². The summed E-state index contributed by atoms with van der Waals surface area (Å²) >= 11 is 1.51. The van der Waals surface area contributed by atoms with Crippen molar-refractivity contribution in [3.8, 4) is 0 Å². The van der Waals surface area contributed by atoms with Crippen molar-refractivity contribution in [1.82, 2.24) is 20.4 Å². The summed E-state index contributed by atoms with van der Waals surface area (Å²) in [6.45, 7) is 1.49. The largest absolute Gasteiger partial charge is 0.341 e. The van der Waals surface area contributed by atoms with E-state index in [0.717, 1.165) is 35.3 Å². The third-order valence-electron chi connectivity index (χ3n) is 6.43. The molecule has 1 aliphatic heterocycles. The highest BCUT2D eigenvalue weighted by Gasteiger charge is 2.45. The van der Waals surface area contributed by atoms with E-state index in [9.17, 15) is 4.79 Å². The molecule has 27 heavy (non-hydrogen) atoms. The Bertz CT molecular complexity index is 840. The van der Waals surface area contributed by atoms with Crippen LogP contribution in [0.15, 0.2) is 4.52 Å². The summed E-state index contributed by atoms with van der Waals surface area (Å²) in [4.78, 5) is 24.1. The SMILES string of the molecule is CNC(=O)Nc1nc2c(s1)CN(c1nc(C34CCC(CC3)CC4)no1)CC2. The van der Waals surface area contributed by atoms with E-state index in [4.69, 9.17) is 9.51 Å². The molecule has 3 fully saturated rings. The zero-order chi connectivity index (χ0) is 18.4. The predicted octanol–water partition coefficient (Wildman–Crippen LogP) is 3.06. The minimum absolute atomic E-state index is 0.145. The normalized spacial score (nSPS) is 26.7. The highest BCUT2D eigenvalue weighted by atomic mass is 32.1. The molecule has 9 heteroatoms. The van der Waals surface area contributed by atoms with Gasteiger partial charge in [-0.1, -0.05) is 16.5 Å². The maximum atomic E-state index is 11.5. The van der Waals surface area contributed by atoms with Crippen molar-refractivity contribution in [2.45, 2.75) is 56.9 Å². The van der Waals surface area contributed by atoms with Crippen LogP contribution in [0, 0.1) is 5.92 Å². The number of thiazole rings is 1. The second-order valence-electron chi connectivity index (χ2n) is 7.93. The summed E-state index contributed by atoms with van der Waals surface area (Å²) in [5, 5.41) is 10.3. The maximum Gasteiger partial charge on any atom is 0.324 e. The quantitative estimate of drug-likeness (QED) is 0.839. The van der Waals surface area contributed by atoms with Gasteiger partial charge in [-0.3, -0.25) is 5.32 Å². The number of nitrogens with one attached hydrogen (secondary N) is 2. The van der Waals surface area contributed by atoms with Gasteiger partial charge in [0.2, 0.25) is 0 Å². The van der Waals surface area contributed by atoms with Crippen LogP contribution in [0.1, 0.15) is 54.9 Å². The standard InChI is InChI=1S/C18H24N6O2S/c1-19-15(25)22-16-20-12-5-9-24(10-13(12)27-16)17-21-14(23-26-17)18-6-2-11(3-7-18)4-8-18/h11H,2-10H2,1H3,(H2,19,20,22,25). The van der Waals surface area contributed by atoms with Gasteiger partial charge in [0.1, 0.15) is 0 Å². The number of rotatable bonds is 3. The highest BCUT2D eigenvalue weighted by molar-refractivity contribution is 7.15. The summed E-state index contributed by atoms with van der Waals surface area (Å²) in [7, 11) is 1.59. The van der Waals surface area contributed by atoms with Crippen LogP contribution in [-0.2, 0) is 18.4 Å². The van der Waals surface area contributed by atoms with Crippen LogP contribution < -0.4 is 15.5 Å². The third kappa shape index (κ3) is 2.97. The van der Waals surface area contributed by atoms with Gasteiger partial charge in [0.25, 0.3) is 0 Å². The van der Waals surface area contributed by atoms with Crippen LogP contribution in [0.5, 0.6) is 0 Å². The lowest BCUT2D eigenvalue weighted by atomic mass is 9.60. The molecule has 2 bridgehead atoms. The molecule has 0 radical (unpaired) electrons. The molecule has 2 amide bonds. The van der Waals surface area contributed by atoms with Crippen LogP contribution in [0.4, 0.5) is 15.9 Å². The Hall–Kier alpha value is -2.16. The van der Waals surface area contributed by atoms with E-state index in [1.165, 1.54) is 49.9 Å². The minimum Gasteiger partial charge on any atom is -0.341 e. The number of carbonyl (C=O) groups is 1. The number of anilines is 2. The molecule has 2 N–H and O–H groups in total. The summed E-state index contributed by atoms with van der Waals surface area (Å²) in [6, 6.07) is 0.368. The van der Waals surface area contributed by atoms with Crippen molar-refractivity contribution in [3.63, 3.8) is 0 Å². The molecular weight excluding hydrogens is 364 g/mol. The lowest BCUT2D eigenvalue weighted by molar-refractivity contribution is 0.125. The van der Waals surface area contributed by atoms with Crippen LogP contribution >= 0.6 is 11.3 Å². The fourth-order valence-corrected chi connectivity index (χ4v) is 5.73. The van der Waals surface area contributed by atoms with E-state index in [1.807, 2.05) is 0 Å². The predicted molar refractivity (Wildman–Crippen MR) is 102 cm³/mol. The first-order chi connectivity index (χ1) is 13.1. The van der Waals surface area contributed by atoms with Crippen LogP contribution in [0.25, 0.3) is 0 Å². The molecule has 0 spiro atoms. The van der Waals surface area contributed by atoms with E-state index in [2.05, 4.69) is 25.7 Å². The van der Waals surface area contributed by atoms with Crippen molar-refractivity contribution in [2.24, 2.45) is 5.92 Å². The maximum absolute atomic E-state index is 11.5. The third-order valence-corrected chi connectivity index (χ3v) is 7.43. The number of carbonyl (C=O) groups excluding carboxylic acids is 1. The van der Waals surface area contributed by atoms with E-state index in [1.54, 1.807) is 7.05 Å². The molecule has 144 valence electrons. The van der Waals surface area contributed by atoms with Crippen LogP contribution in [-0.4, -0.2) is 34.7 Å². The Balaban J connectivity index is 1.32. The van der Waals surface area contributed by atoms with Gasteiger partial charge in [-0.15, -0.1) is 0 Å². The highest BCUT2D eigenvalue weighted by Crippen LogP contribution is 2.51. The summed E-state index contributed by atoms with van der Waals surface area (Å²) in [5.41, 5.74) is 1.19. The fraction of sp³-hybridized carbons (Fsp3) is 0.667. The molecule has 4 aliphatic rings. The van der Waals surface area contributed by atoms with E-state index in [0.29, 0.717) is 17.7 Å². The lowest BCUT2D eigenvalue weighted by Gasteiger charge is -2.44. The van der Waals surface area contributed by atoms with Crippen molar-refractivity contribution in [1.29, 1.82) is 0 Å². The average molecular weight is 388 g/mol. The molecule has 2 aromatic rings. The van der Waals surface area contributed by atoms with Gasteiger partial charge in [0, 0.05) is 30.3 Å². The molecule has 3 aliphatic carbocycles. The number of hydrogen-bond acceptors (Lipinski definition) is 7. The molecule has 6 rings (SSSR count). The smallest absolute Gasteiger partial charge is 0.324 e. The lowest BCUT2D eigenvalue weighted by Crippen LogP contribution is -2.38. The van der Waals surface area contributed by atoms with Crippen molar-refractivity contribution >= 4 is 28.5 Å². The summed E-state index contributed by atoms with van der Waals surface area (Å²) in [5.74, 6) is 1.83. The van der Waals surface area contributed by atoms with Gasteiger partial charge in [0.15, 0.2) is 11.0 Å². The molecule has 0 unspecified atom stereocenters. The van der Waals surface area contributed by atoms with Gasteiger partial charge in [-0.05, 0) is 44.4 Å². The number of fused-ring (bicyclic) bond motifs is 4. The number of urea groups is 1. The minimum atomic E-state index is -0.249. The first-order valence-corrected chi connectivity index (χ1v) is 10.5. The van der Waals surface area contributed by atoms with E-state index in [-0.39, 0.29) is 11.4 Å². The molecule has 8 nitrogen and oxygen atoms in total. The number of hydrogen-bond donors (Lipinski definition) is 2. The first-order valence-electron chi connectivity index (χ1n) is 9.72. The fourth-order valence-electron chi connectivity index (χ4n) is 4.72. The van der Waals surface area contributed by atoms with Gasteiger partial charge in [-0.2, -0.15) is 4.98 Å². The van der Waals surface area contributed by atoms with Gasteiger partial charge < -0.3 is 14.7 Å². The number of nitrogens with zero attached hydrogens (tertiary/aromatic N) is 4. The Kier molecular flexibility index (Phi) is 4.07. The van der Waals surface area contributed by atoms with Crippen LogP contribution in [0.3, 0.4) is 0 Å². The molecule has 0 atom stereocenters. The van der Waals surface area contributed by atoms with Crippen molar-refractivity contribution in [3.05, 3.63) is 16.4 Å². The zero-order valence-corrected chi connectivity index (χ0v) is 16.3. The number of aromatic nitrogens is 3. The summed E-state index contributed by atoms with van der Waals surface area (Å²) in [6.07, 6.45) is 8.32. The molecular formula is C18H24N6O2S. The van der Waals surface area contributed by atoms with Gasteiger partial charge in [0.05, 0.1) is 12.2 Å².